The van der Waals surface area contributed by atoms with Crippen molar-refractivity contribution in [2.45, 2.75) is 5.92 Å². The molecule has 3 aromatic rings. The summed E-state index contributed by atoms with van der Waals surface area (Å²) in [4.78, 5) is 12.3. The first-order chi connectivity index (χ1) is 16.9. The predicted molar refractivity (Wildman–Crippen MR) is 128 cm³/mol. The van der Waals surface area contributed by atoms with E-state index in [1.165, 1.54) is 20.3 Å². The van der Waals surface area contributed by atoms with Crippen LogP contribution in [-0.4, -0.2) is 26.8 Å². The molecule has 8 nitrogen and oxygen atoms in total. The van der Waals surface area contributed by atoms with E-state index in [0.29, 0.717) is 39.1 Å². The van der Waals surface area contributed by atoms with Gasteiger partial charge in [-0.15, -0.1) is 0 Å². The zero-order valence-electron chi connectivity index (χ0n) is 18.9. The number of para-hydroxylation sites is 1. The number of carbonyl (C=O) groups excluding carboxylic acids is 1. The summed E-state index contributed by atoms with van der Waals surface area (Å²) >= 11 is 5.85. The fourth-order valence-corrected chi connectivity index (χ4v) is 3.92. The second-order valence-corrected chi connectivity index (χ2v) is 7.86. The zero-order valence-corrected chi connectivity index (χ0v) is 19.7. The van der Waals surface area contributed by atoms with Crippen molar-refractivity contribution < 1.29 is 28.5 Å². The maximum atomic E-state index is 12.3. The van der Waals surface area contributed by atoms with Crippen LogP contribution in [0.2, 0.25) is 5.02 Å². The molecule has 0 radical (unpaired) electrons. The first-order valence-corrected chi connectivity index (χ1v) is 10.8. The van der Waals surface area contributed by atoms with Gasteiger partial charge in [-0.2, -0.15) is 5.26 Å². The van der Waals surface area contributed by atoms with Crippen molar-refractivity contribution in [2.24, 2.45) is 5.73 Å². The van der Waals surface area contributed by atoms with Crippen molar-refractivity contribution in [1.82, 2.24) is 0 Å². The van der Waals surface area contributed by atoms with Crippen molar-refractivity contribution in [3.63, 3.8) is 0 Å². The number of nitrogens with two attached hydrogens (primary N) is 1. The molecule has 0 saturated heterocycles. The first-order valence-electron chi connectivity index (χ1n) is 10.5. The monoisotopic (exact) mass is 492 g/mol. The van der Waals surface area contributed by atoms with Crippen molar-refractivity contribution >= 4 is 17.6 Å². The summed E-state index contributed by atoms with van der Waals surface area (Å²) in [6.07, 6.45) is 0. The van der Waals surface area contributed by atoms with Crippen LogP contribution in [0.3, 0.4) is 0 Å². The third kappa shape index (κ3) is 4.95. The van der Waals surface area contributed by atoms with Gasteiger partial charge in [-0.3, -0.25) is 0 Å². The van der Waals surface area contributed by atoms with Crippen molar-refractivity contribution in [2.75, 3.05) is 20.8 Å². The minimum absolute atomic E-state index is 0.0515. The molecule has 0 aromatic heterocycles. The van der Waals surface area contributed by atoms with Crippen molar-refractivity contribution in [3.05, 3.63) is 88.3 Å². The Bertz CT molecular complexity index is 1330. The number of hydrogen-bond acceptors (Lipinski definition) is 8. The van der Waals surface area contributed by atoms with Gasteiger partial charge in [0.2, 0.25) is 5.88 Å². The standard InChI is InChI=1S/C26H21ClN2O6/c1-31-21-5-3-4-19(25(21)32-2)24-18-11-10-17(12-22(18)35-26(29)20(24)13-28)34-23(30)14-33-16-8-6-15(27)7-9-16/h3-12,24H,14,29H2,1-2H3. The average molecular weight is 493 g/mol. The van der Waals surface area contributed by atoms with Gasteiger partial charge >= 0.3 is 5.97 Å². The predicted octanol–water partition coefficient (Wildman–Crippen LogP) is 4.56. The van der Waals surface area contributed by atoms with E-state index in [-0.39, 0.29) is 23.8 Å². The van der Waals surface area contributed by atoms with Gasteiger partial charge in [-0.05, 0) is 36.4 Å². The molecule has 9 heteroatoms. The Morgan fingerprint density at radius 1 is 1.06 bits per heavy atom. The van der Waals surface area contributed by atoms with Crippen LogP contribution in [0.4, 0.5) is 0 Å². The smallest absolute Gasteiger partial charge is 0.349 e. The second kappa shape index (κ2) is 10.3. The zero-order chi connectivity index (χ0) is 24.9. The molecule has 2 N–H and O–H groups in total. The van der Waals surface area contributed by atoms with Crippen LogP contribution in [0.5, 0.6) is 28.7 Å². The Morgan fingerprint density at radius 3 is 2.49 bits per heavy atom. The highest BCUT2D eigenvalue weighted by Gasteiger charge is 2.33. The molecule has 1 atom stereocenters. The van der Waals surface area contributed by atoms with Crippen molar-refractivity contribution in [3.8, 4) is 34.8 Å². The number of benzene rings is 3. The average Bonchev–Trinajstić information content (AvgIpc) is 2.86. The van der Waals surface area contributed by atoms with Gasteiger partial charge in [0, 0.05) is 22.2 Å². The lowest BCUT2D eigenvalue weighted by Gasteiger charge is -2.28. The normalized spacial score (nSPS) is 14.3. The number of allylic oxidation sites excluding steroid dienone is 1. The lowest BCUT2D eigenvalue weighted by Crippen LogP contribution is -2.22. The molecule has 0 amide bonds. The topological polar surface area (TPSA) is 113 Å². The summed E-state index contributed by atoms with van der Waals surface area (Å²) < 4.78 is 27.5. The third-order valence-corrected chi connectivity index (χ3v) is 5.59. The number of halogens is 1. The number of hydrogen-bond donors (Lipinski definition) is 1. The molecule has 1 aliphatic heterocycles. The van der Waals surface area contributed by atoms with Crippen molar-refractivity contribution in [1.29, 1.82) is 5.26 Å². The molecule has 1 unspecified atom stereocenters. The first kappa shape index (κ1) is 23.8. The molecule has 3 aromatic carbocycles. The second-order valence-electron chi connectivity index (χ2n) is 7.42. The molecule has 178 valence electrons. The Labute approximate surface area is 207 Å². The molecule has 0 spiro atoms. The highest BCUT2D eigenvalue weighted by atomic mass is 35.5. The van der Waals surface area contributed by atoms with Gasteiger partial charge in [0.05, 0.1) is 20.1 Å². The lowest BCUT2D eigenvalue weighted by molar-refractivity contribution is -0.136. The van der Waals surface area contributed by atoms with Gasteiger partial charge < -0.3 is 29.4 Å². The Kier molecular flexibility index (Phi) is 6.99. The van der Waals surface area contributed by atoms with E-state index < -0.39 is 11.9 Å². The van der Waals surface area contributed by atoms with E-state index in [1.807, 2.05) is 6.07 Å². The summed E-state index contributed by atoms with van der Waals surface area (Å²) in [6, 6.07) is 19.0. The van der Waals surface area contributed by atoms with Crippen LogP contribution in [0, 0.1) is 11.3 Å². The summed E-state index contributed by atoms with van der Waals surface area (Å²) in [6.45, 7) is -0.302. The number of esters is 1. The fraction of sp³-hybridized carbons (Fsp3) is 0.154. The number of nitrogens with zero attached hydrogens (tertiary/aromatic N) is 1. The molecule has 35 heavy (non-hydrogen) atoms. The van der Waals surface area contributed by atoms with Crippen LogP contribution in [0.15, 0.2) is 72.1 Å². The van der Waals surface area contributed by atoms with Crippen LogP contribution < -0.4 is 29.4 Å². The lowest BCUT2D eigenvalue weighted by atomic mass is 9.83. The van der Waals surface area contributed by atoms with E-state index in [1.54, 1.807) is 48.5 Å². The Morgan fingerprint density at radius 2 is 1.80 bits per heavy atom. The summed E-state index contributed by atoms with van der Waals surface area (Å²) in [5.41, 5.74) is 7.65. The van der Waals surface area contributed by atoms with E-state index in [9.17, 15) is 10.1 Å². The minimum atomic E-state index is -0.608. The van der Waals surface area contributed by atoms with Gasteiger partial charge in [0.15, 0.2) is 18.1 Å². The largest absolute Gasteiger partial charge is 0.493 e. The molecule has 4 rings (SSSR count). The highest BCUT2D eigenvalue weighted by Crippen LogP contribution is 2.47. The number of methoxy groups -OCH3 is 2. The van der Waals surface area contributed by atoms with E-state index in [2.05, 4.69) is 6.07 Å². The molecule has 0 saturated carbocycles. The van der Waals surface area contributed by atoms with Gasteiger partial charge in [0.25, 0.3) is 0 Å². The highest BCUT2D eigenvalue weighted by molar-refractivity contribution is 6.30. The number of nitriles is 1. The molecule has 0 fully saturated rings. The molecular formula is C26H21ClN2O6. The van der Waals surface area contributed by atoms with Crippen LogP contribution in [-0.2, 0) is 4.79 Å². The maximum Gasteiger partial charge on any atom is 0.349 e. The molecule has 1 heterocycles. The maximum absolute atomic E-state index is 12.3. The number of rotatable bonds is 7. The molecule has 0 aliphatic carbocycles. The molecular weight excluding hydrogens is 472 g/mol. The van der Waals surface area contributed by atoms with Gasteiger partial charge in [-0.25, -0.2) is 4.79 Å². The molecule has 0 bridgehead atoms. The number of fused-ring (bicyclic) bond motifs is 1. The van der Waals surface area contributed by atoms with Gasteiger partial charge in [-0.1, -0.05) is 29.8 Å². The van der Waals surface area contributed by atoms with E-state index >= 15 is 0 Å². The molecule has 1 aliphatic rings. The van der Waals surface area contributed by atoms with Crippen LogP contribution in [0.25, 0.3) is 0 Å². The fourth-order valence-electron chi connectivity index (χ4n) is 3.79. The summed E-state index contributed by atoms with van der Waals surface area (Å²) in [7, 11) is 3.06. The van der Waals surface area contributed by atoms with E-state index in [0.717, 1.165) is 0 Å². The summed E-state index contributed by atoms with van der Waals surface area (Å²) in [5.74, 6) is 0.818. The quantitative estimate of drug-likeness (QED) is 0.377. The van der Waals surface area contributed by atoms with Crippen LogP contribution >= 0.6 is 11.6 Å². The summed E-state index contributed by atoms with van der Waals surface area (Å²) in [5, 5.41) is 10.4. The number of ether oxygens (including phenoxy) is 5. The Balaban J connectivity index is 1.60. The van der Waals surface area contributed by atoms with E-state index in [4.69, 9.17) is 41.0 Å². The minimum Gasteiger partial charge on any atom is -0.493 e. The number of carbonyl (C=O) groups is 1. The SMILES string of the molecule is COc1cccc(C2C(C#N)=C(N)Oc3cc(OC(=O)COc4ccc(Cl)cc4)ccc32)c1OC. The Hall–Kier alpha value is -4.35. The van der Waals surface area contributed by atoms with Gasteiger partial charge in [0.1, 0.15) is 28.9 Å². The van der Waals surface area contributed by atoms with Crippen LogP contribution in [0.1, 0.15) is 17.0 Å². The third-order valence-electron chi connectivity index (χ3n) is 5.34.